The van der Waals surface area contributed by atoms with E-state index in [1.54, 1.807) is 12.1 Å². The van der Waals surface area contributed by atoms with E-state index in [1.807, 2.05) is 5.38 Å². The normalized spacial score (nSPS) is 20.3. The van der Waals surface area contributed by atoms with E-state index in [4.69, 9.17) is 0 Å². The molecular weight excluding hydrogens is 276 g/mol. The van der Waals surface area contributed by atoms with Crippen molar-refractivity contribution in [3.63, 3.8) is 0 Å². The Hall–Kier alpha value is -1.40. The van der Waals surface area contributed by atoms with Crippen molar-refractivity contribution in [3.8, 4) is 0 Å². The van der Waals surface area contributed by atoms with Crippen LogP contribution in [0, 0.1) is 5.92 Å². The number of thiophene rings is 1. The van der Waals surface area contributed by atoms with Gasteiger partial charge < -0.3 is 15.7 Å². The zero-order valence-electron chi connectivity index (χ0n) is 11.3. The Morgan fingerprint density at radius 2 is 2.40 bits per heavy atom. The summed E-state index contributed by atoms with van der Waals surface area (Å²) in [5, 5.41) is 16.9. The third-order valence-electron chi connectivity index (χ3n) is 3.56. The van der Waals surface area contributed by atoms with Crippen LogP contribution in [0.4, 0.5) is 0 Å². The van der Waals surface area contributed by atoms with E-state index in [-0.39, 0.29) is 5.91 Å². The Kier molecular flexibility index (Phi) is 5.55. The number of carboxylic acid groups (broad SMARTS) is 1. The number of hydrogen-bond acceptors (Lipinski definition) is 4. The van der Waals surface area contributed by atoms with Gasteiger partial charge in [0.1, 0.15) is 0 Å². The summed E-state index contributed by atoms with van der Waals surface area (Å²) in [6.07, 6.45) is 3.50. The van der Waals surface area contributed by atoms with Crippen LogP contribution in [0.2, 0.25) is 0 Å². The van der Waals surface area contributed by atoms with E-state index in [1.165, 1.54) is 11.3 Å². The predicted octanol–water partition coefficient (Wildman–Crippen LogP) is 1.77. The van der Waals surface area contributed by atoms with Gasteiger partial charge in [0.15, 0.2) is 6.04 Å². The molecule has 0 aliphatic carbocycles. The predicted molar refractivity (Wildman–Crippen MR) is 77.7 cm³/mol. The zero-order valence-corrected chi connectivity index (χ0v) is 12.1. The summed E-state index contributed by atoms with van der Waals surface area (Å²) in [6, 6.07) is 2.59. The SMILES string of the molecule is O=C(CCC1CCCNC1)NC(C(=O)O)c1cccs1. The van der Waals surface area contributed by atoms with Gasteiger partial charge in [0.2, 0.25) is 5.91 Å². The fourth-order valence-electron chi connectivity index (χ4n) is 2.45. The van der Waals surface area contributed by atoms with Crippen molar-refractivity contribution in [3.05, 3.63) is 22.4 Å². The molecule has 110 valence electrons. The fraction of sp³-hybridized carbons (Fsp3) is 0.571. The van der Waals surface area contributed by atoms with Crippen molar-refractivity contribution in [2.24, 2.45) is 5.92 Å². The van der Waals surface area contributed by atoms with E-state index in [0.29, 0.717) is 17.2 Å². The van der Waals surface area contributed by atoms with Gasteiger partial charge in [-0.2, -0.15) is 0 Å². The van der Waals surface area contributed by atoms with Crippen LogP contribution in [0.3, 0.4) is 0 Å². The lowest BCUT2D eigenvalue weighted by atomic mass is 9.94. The Bertz CT molecular complexity index is 441. The number of hydrogen-bond donors (Lipinski definition) is 3. The molecule has 2 unspecified atom stereocenters. The maximum absolute atomic E-state index is 11.9. The van der Waals surface area contributed by atoms with Crippen molar-refractivity contribution in [2.75, 3.05) is 13.1 Å². The summed E-state index contributed by atoms with van der Waals surface area (Å²) in [6.45, 7) is 2.02. The van der Waals surface area contributed by atoms with Crippen molar-refractivity contribution in [2.45, 2.75) is 31.7 Å². The van der Waals surface area contributed by atoms with Gasteiger partial charge in [-0.3, -0.25) is 4.79 Å². The van der Waals surface area contributed by atoms with Crippen LogP contribution in [0.25, 0.3) is 0 Å². The highest BCUT2D eigenvalue weighted by atomic mass is 32.1. The zero-order chi connectivity index (χ0) is 14.4. The van der Waals surface area contributed by atoms with E-state index in [9.17, 15) is 14.7 Å². The Balaban J connectivity index is 1.81. The highest BCUT2D eigenvalue weighted by molar-refractivity contribution is 7.10. The first-order valence-corrected chi connectivity index (χ1v) is 7.81. The maximum Gasteiger partial charge on any atom is 0.331 e. The summed E-state index contributed by atoms with van der Waals surface area (Å²) in [5.41, 5.74) is 0. The molecule has 2 atom stereocenters. The second-order valence-corrected chi connectivity index (χ2v) is 6.08. The summed E-state index contributed by atoms with van der Waals surface area (Å²) in [4.78, 5) is 23.8. The van der Waals surface area contributed by atoms with Gasteiger partial charge in [-0.25, -0.2) is 4.79 Å². The molecule has 2 rings (SSSR count). The van der Waals surface area contributed by atoms with E-state index in [0.717, 1.165) is 32.4 Å². The van der Waals surface area contributed by atoms with Crippen LogP contribution in [-0.4, -0.2) is 30.1 Å². The third-order valence-corrected chi connectivity index (χ3v) is 4.50. The lowest BCUT2D eigenvalue weighted by molar-refractivity contribution is -0.142. The Morgan fingerprint density at radius 1 is 1.55 bits per heavy atom. The van der Waals surface area contributed by atoms with Crippen molar-refractivity contribution in [1.82, 2.24) is 10.6 Å². The first-order chi connectivity index (χ1) is 9.66. The number of carbonyl (C=O) groups is 2. The molecule has 1 fully saturated rings. The van der Waals surface area contributed by atoms with Gasteiger partial charge in [0, 0.05) is 11.3 Å². The molecule has 6 heteroatoms. The quantitative estimate of drug-likeness (QED) is 0.747. The van der Waals surface area contributed by atoms with Gasteiger partial charge >= 0.3 is 5.97 Å². The molecular formula is C14H20N2O3S. The van der Waals surface area contributed by atoms with Crippen LogP contribution < -0.4 is 10.6 Å². The number of nitrogens with one attached hydrogen (secondary N) is 2. The summed E-state index contributed by atoms with van der Waals surface area (Å²) in [7, 11) is 0. The van der Waals surface area contributed by atoms with Crippen molar-refractivity contribution >= 4 is 23.2 Å². The third kappa shape index (κ3) is 4.31. The molecule has 0 spiro atoms. The van der Waals surface area contributed by atoms with Gasteiger partial charge in [0.05, 0.1) is 0 Å². The van der Waals surface area contributed by atoms with E-state index in [2.05, 4.69) is 10.6 Å². The molecule has 1 aromatic rings. The van der Waals surface area contributed by atoms with Crippen molar-refractivity contribution in [1.29, 1.82) is 0 Å². The van der Waals surface area contributed by atoms with E-state index < -0.39 is 12.0 Å². The molecule has 1 aliphatic heterocycles. The topological polar surface area (TPSA) is 78.4 Å². The molecule has 0 saturated carbocycles. The minimum atomic E-state index is -1.01. The standard InChI is InChI=1S/C14H20N2O3S/c17-12(6-5-10-3-1-7-15-9-10)16-13(14(18)19)11-4-2-8-20-11/h2,4,8,10,13,15H,1,3,5-7,9H2,(H,16,17)(H,18,19). The molecule has 1 saturated heterocycles. The smallest absolute Gasteiger partial charge is 0.331 e. The van der Waals surface area contributed by atoms with Crippen LogP contribution in [-0.2, 0) is 9.59 Å². The van der Waals surface area contributed by atoms with Gasteiger partial charge in [-0.1, -0.05) is 6.07 Å². The minimum Gasteiger partial charge on any atom is -0.479 e. The average Bonchev–Trinajstić information content (AvgIpc) is 2.97. The number of piperidine rings is 1. The number of amides is 1. The first kappa shape index (κ1) is 15.0. The molecule has 1 amide bonds. The lowest BCUT2D eigenvalue weighted by Crippen LogP contribution is -2.34. The Labute approximate surface area is 122 Å². The number of carboxylic acids is 1. The molecule has 1 aliphatic rings. The second-order valence-electron chi connectivity index (χ2n) is 5.11. The number of rotatable bonds is 6. The molecule has 5 nitrogen and oxygen atoms in total. The molecule has 0 bridgehead atoms. The monoisotopic (exact) mass is 296 g/mol. The van der Waals surface area contributed by atoms with Crippen LogP contribution >= 0.6 is 11.3 Å². The van der Waals surface area contributed by atoms with Crippen molar-refractivity contribution < 1.29 is 14.7 Å². The molecule has 0 radical (unpaired) electrons. The minimum absolute atomic E-state index is 0.184. The summed E-state index contributed by atoms with van der Waals surface area (Å²) < 4.78 is 0. The average molecular weight is 296 g/mol. The maximum atomic E-state index is 11.9. The number of carbonyl (C=O) groups excluding carboxylic acids is 1. The van der Waals surface area contributed by atoms with Gasteiger partial charge in [-0.15, -0.1) is 11.3 Å². The highest BCUT2D eigenvalue weighted by Gasteiger charge is 2.23. The molecule has 20 heavy (non-hydrogen) atoms. The molecule has 2 heterocycles. The van der Waals surface area contributed by atoms with E-state index >= 15 is 0 Å². The summed E-state index contributed by atoms with van der Waals surface area (Å²) in [5.74, 6) is -0.670. The van der Waals surface area contributed by atoms with Gasteiger partial charge in [0.25, 0.3) is 0 Å². The van der Waals surface area contributed by atoms with Crippen LogP contribution in [0.1, 0.15) is 36.6 Å². The first-order valence-electron chi connectivity index (χ1n) is 6.93. The molecule has 1 aromatic heterocycles. The van der Waals surface area contributed by atoms with Gasteiger partial charge in [-0.05, 0) is 49.7 Å². The molecule has 3 N–H and O–H groups in total. The number of aliphatic carboxylic acids is 1. The van der Waals surface area contributed by atoms with Crippen LogP contribution in [0.15, 0.2) is 17.5 Å². The van der Waals surface area contributed by atoms with Crippen LogP contribution in [0.5, 0.6) is 0 Å². The second kappa shape index (κ2) is 7.40. The molecule has 0 aromatic carbocycles. The Morgan fingerprint density at radius 3 is 3.00 bits per heavy atom. The largest absolute Gasteiger partial charge is 0.479 e. The lowest BCUT2D eigenvalue weighted by Gasteiger charge is -2.22. The highest BCUT2D eigenvalue weighted by Crippen LogP contribution is 2.20. The summed E-state index contributed by atoms with van der Waals surface area (Å²) >= 11 is 1.34. The fourth-order valence-corrected chi connectivity index (χ4v) is 3.22.